The summed E-state index contributed by atoms with van der Waals surface area (Å²) in [7, 11) is 0. The molecule has 142 valence electrons. The number of ether oxygens (including phenoxy) is 2. The average Bonchev–Trinajstić information content (AvgIpc) is 2.85. The molecule has 0 saturated carbocycles. The third-order valence-electron chi connectivity index (χ3n) is 3.95. The summed E-state index contributed by atoms with van der Waals surface area (Å²) in [4.78, 5) is 38.3. The van der Waals surface area contributed by atoms with Gasteiger partial charge in [0.05, 0.1) is 6.61 Å². The number of carbonyl (C=O) groups is 3. The molecule has 1 fully saturated rings. The van der Waals surface area contributed by atoms with Crippen LogP contribution < -0.4 is 0 Å². The first-order valence-corrected chi connectivity index (χ1v) is 8.59. The zero-order valence-corrected chi connectivity index (χ0v) is 15.5. The lowest BCUT2D eigenvalue weighted by atomic mass is 9.96. The molecule has 1 aromatic rings. The zero-order valence-electron chi connectivity index (χ0n) is 15.5. The van der Waals surface area contributed by atoms with Gasteiger partial charge in [0.1, 0.15) is 17.5 Å². The predicted molar refractivity (Wildman–Crippen MR) is 91.7 cm³/mol. The van der Waals surface area contributed by atoms with Gasteiger partial charge in [-0.15, -0.1) is 0 Å². The number of esters is 1. The highest BCUT2D eigenvalue weighted by Gasteiger charge is 2.48. The maximum Gasteiger partial charge on any atom is 0.417 e. The Balaban J connectivity index is 2.22. The van der Waals surface area contributed by atoms with Crippen molar-refractivity contribution in [3.05, 3.63) is 35.6 Å². The molecule has 0 N–H and O–H groups in total. The first-order chi connectivity index (χ1) is 12.1. The van der Waals surface area contributed by atoms with Crippen molar-refractivity contribution in [2.45, 2.75) is 52.2 Å². The molecule has 0 bridgehead atoms. The van der Waals surface area contributed by atoms with Gasteiger partial charge in [-0.05, 0) is 58.2 Å². The second-order valence-electron chi connectivity index (χ2n) is 7.22. The maximum atomic E-state index is 13.1. The van der Waals surface area contributed by atoms with Gasteiger partial charge < -0.3 is 9.47 Å². The van der Waals surface area contributed by atoms with Crippen molar-refractivity contribution in [3.8, 4) is 0 Å². The molecule has 2 atom stereocenters. The largest absolute Gasteiger partial charge is 0.464 e. The Bertz CT molecular complexity index is 680. The second-order valence-corrected chi connectivity index (χ2v) is 7.22. The third-order valence-corrected chi connectivity index (χ3v) is 3.95. The fraction of sp³-hybridized carbons (Fsp3) is 0.526. The highest BCUT2D eigenvalue weighted by Crippen LogP contribution is 2.30. The molecular weight excluding hydrogens is 341 g/mol. The van der Waals surface area contributed by atoms with E-state index in [4.69, 9.17) is 9.47 Å². The molecular formula is C19H24FNO5. The van der Waals surface area contributed by atoms with Gasteiger partial charge in [-0.25, -0.2) is 18.9 Å². The summed E-state index contributed by atoms with van der Waals surface area (Å²) in [5.41, 5.74) is -0.0515. The van der Waals surface area contributed by atoms with E-state index < -0.39 is 35.5 Å². The van der Waals surface area contributed by atoms with Crippen LogP contribution in [0.1, 0.15) is 39.7 Å². The van der Waals surface area contributed by atoms with E-state index in [1.807, 2.05) is 0 Å². The summed E-state index contributed by atoms with van der Waals surface area (Å²) >= 11 is 0. The number of imide groups is 1. The number of amides is 2. The average molecular weight is 365 g/mol. The lowest BCUT2D eigenvalue weighted by Gasteiger charge is -2.26. The number of carbonyl (C=O) groups excluding carboxylic acids is 3. The Morgan fingerprint density at radius 3 is 2.38 bits per heavy atom. The third kappa shape index (κ3) is 4.80. The van der Waals surface area contributed by atoms with Gasteiger partial charge in [0.2, 0.25) is 5.91 Å². The molecule has 0 radical (unpaired) electrons. The number of rotatable bonds is 4. The number of hydrogen-bond acceptors (Lipinski definition) is 5. The van der Waals surface area contributed by atoms with E-state index in [1.165, 1.54) is 12.1 Å². The summed E-state index contributed by atoms with van der Waals surface area (Å²) < 4.78 is 23.3. The van der Waals surface area contributed by atoms with E-state index in [0.29, 0.717) is 6.42 Å². The number of hydrogen-bond donors (Lipinski definition) is 0. The smallest absolute Gasteiger partial charge is 0.417 e. The monoisotopic (exact) mass is 365 g/mol. The molecule has 1 aromatic carbocycles. The van der Waals surface area contributed by atoms with Crippen LogP contribution in [-0.2, 0) is 25.5 Å². The predicted octanol–water partition coefficient (Wildman–Crippen LogP) is 3.08. The Morgan fingerprint density at radius 2 is 1.85 bits per heavy atom. The van der Waals surface area contributed by atoms with Crippen LogP contribution in [0.25, 0.3) is 0 Å². The summed E-state index contributed by atoms with van der Waals surface area (Å²) in [5, 5.41) is 0. The molecule has 6 nitrogen and oxygen atoms in total. The molecule has 0 spiro atoms. The molecule has 2 amide bonds. The summed E-state index contributed by atoms with van der Waals surface area (Å²) in [5.74, 6) is -2.07. The standard InChI is InChI=1S/C19H24FNO5/c1-5-25-17(23)15-11-13(10-12-6-8-14(20)9-7-12)16(22)21(15)18(24)26-19(2,3)4/h6-9,13,15H,5,10-11H2,1-4H3/t13-,15+/m0/s1. The van der Waals surface area contributed by atoms with Gasteiger partial charge in [0.15, 0.2) is 0 Å². The Morgan fingerprint density at radius 1 is 1.23 bits per heavy atom. The van der Waals surface area contributed by atoms with Crippen molar-refractivity contribution in [1.29, 1.82) is 0 Å². The van der Waals surface area contributed by atoms with Crippen LogP contribution in [0.5, 0.6) is 0 Å². The van der Waals surface area contributed by atoms with E-state index in [0.717, 1.165) is 10.5 Å². The summed E-state index contributed by atoms with van der Waals surface area (Å²) in [6.07, 6.45) is -0.412. The van der Waals surface area contributed by atoms with Gasteiger partial charge in [-0.3, -0.25) is 4.79 Å². The second kappa shape index (κ2) is 7.85. The van der Waals surface area contributed by atoms with Crippen LogP contribution in [-0.4, -0.2) is 41.1 Å². The first kappa shape index (κ1) is 19.9. The minimum Gasteiger partial charge on any atom is -0.464 e. The minimum absolute atomic E-state index is 0.147. The number of nitrogens with zero attached hydrogens (tertiary/aromatic N) is 1. The Labute approximate surface area is 152 Å². The van der Waals surface area contributed by atoms with Crippen molar-refractivity contribution in [2.24, 2.45) is 5.92 Å². The molecule has 1 heterocycles. The molecule has 7 heteroatoms. The summed E-state index contributed by atoms with van der Waals surface area (Å²) in [6, 6.07) is 4.77. The molecule has 1 aliphatic heterocycles. The van der Waals surface area contributed by atoms with Crippen molar-refractivity contribution >= 4 is 18.0 Å². The van der Waals surface area contributed by atoms with Crippen LogP contribution in [0, 0.1) is 11.7 Å². The molecule has 2 rings (SSSR count). The van der Waals surface area contributed by atoms with Crippen LogP contribution in [0.3, 0.4) is 0 Å². The van der Waals surface area contributed by atoms with Gasteiger partial charge in [-0.1, -0.05) is 12.1 Å². The van der Waals surface area contributed by atoms with E-state index >= 15 is 0 Å². The number of halogens is 1. The molecule has 0 unspecified atom stereocenters. The van der Waals surface area contributed by atoms with Crippen LogP contribution in [0.4, 0.5) is 9.18 Å². The fourth-order valence-electron chi connectivity index (χ4n) is 2.87. The first-order valence-electron chi connectivity index (χ1n) is 8.59. The maximum absolute atomic E-state index is 13.1. The number of benzene rings is 1. The fourth-order valence-corrected chi connectivity index (χ4v) is 2.87. The van der Waals surface area contributed by atoms with Crippen molar-refractivity contribution < 1.29 is 28.2 Å². The van der Waals surface area contributed by atoms with E-state index in [2.05, 4.69) is 0 Å². The highest BCUT2D eigenvalue weighted by molar-refractivity contribution is 6.00. The minimum atomic E-state index is -1.01. The molecule has 0 aliphatic carbocycles. The van der Waals surface area contributed by atoms with E-state index in [1.54, 1.807) is 39.8 Å². The zero-order chi connectivity index (χ0) is 19.5. The van der Waals surface area contributed by atoms with Gasteiger partial charge in [0, 0.05) is 5.92 Å². The normalized spacial score (nSPS) is 20.2. The van der Waals surface area contributed by atoms with Crippen LogP contribution in [0.15, 0.2) is 24.3 Å². The van der Waals surface area contributed by atoms with Gasteiger partial charge >= 0.3 is 12.1 Å². The Hall–Kier alpha value is -2.44. The molecule has 0 aromatic heterocycles. The van der Waals surface area contributed by atoms with Crippen molar-refractivity contribution in [3.63, 3.8) is 0 Å². The SMILES string of the molecule is CCOC(=O)[C@H]1C[C@H](Cc2ccc(F)cc2)C(=O)N1C(=O)OC(C)(C)C. The molecule has 1 saturated heterocycles. The quantitative estimate of drug-likeness (QED) is 0.767. The lowest BCUT2D eigenvalue weighted by Crippen LogP contribution is -2.46. The van der Waals surface area contributed by atoms with Gasteiger partial charge in [-0.2, -0.15) is 0 Å². The molecule has 26 heavy (non-hydrogen) atoms. The van der Waals surface area contributed by atoms with Crippen molar-refractivity contribution in [2.75, 3.05) is 6.61 Å². The highest BCUT2D eigenvalue weighted by atomic mass is 19.1. The van der Waals surface area contributed by atoms with Gasteiger partial charge in [0.25, 0.3) is 0 Å². The van der Waals surface area contributed by atoms with Crippen LogP contribution in [0.2, 0.25) is 0 Å². The summed E-state index contributed by atoms with van der Waals surface area (Å²) in [6.45, 7) is 6.85. The topological polar surface area (TPSA) is 72.9 Å². The van der Waals surface area contributed by atoms with Crippen LogP contribution >= 0.6 is 0 Å². The van der Waals surface area contributed by atoms with Crippen molar-refractivity contribution in [1.82, 2.24) is 4.90 Å². The van der Waals surface area contributed by atoms with E-state index in [-0.39, 0.29) is 18.8 Å². The number of likely N-dealkylation sites (tertiary alicyclic amines) is 1. The van der Waals surface area contributed by atoms with E-state index in [9.17, 15) is 18.8 Å². The molecule has 1 aliphatic rings. The lowest BCUT2D eigenvalue weighted by molar-refractivity contribution is -0.151. The Kier molecular flexibility index (Phi) is 6.00.